The number of aromatic carboxylic acids is 1. The minimum atomic E-state index is -1.31. The van der Waals surface area contributed by atoms with E-state index in [4.69, 9.17) is 14.6 Å². The first kappa shape index (κ1) is 18.5. The van der Waals surface area contributed by atoms with Crippen molar-refractivity contribution in [2.24, 2.45) is 0 Å². The molecule has 0 radical (unpaired) electrons. The molecule has 0 saturated heterocycles. The normalized spacial score (nSPS) is 17.3. The first-order valence-corrected chi connectivity index (χ1v) is 8.35. The zero-order chi connectivity index (χ0) is 19.6. The molecule has 0 aliphatic carbocycles. The number of nitrogens with one attached hydrogen (secondary N) is 1. The van der Waals surface area contributed by atoms with Crippen molar-refractivity contribution in [3.63, 3.8) is 0 Å². The van der Waals surface area contributed by atoms with Gasteiger partial charge in [-0.3, -0.25) is 4.79 Å². The number of carbonyl (C=O) groups is 2. The summed E-state index contributed by atoms with van der Waals surface area (Å²) < 4.78 is 11.3. The molecule has 0 fully saturated rings. The maximum absolute atomic E-state index is 12.9. The Labute approximate surface area is 155 Å². The van der Waals surface area contributed by atoms with Crippen LogP contribution in [0.15, 0.2) is 48.2 Å². The Bertz CT molecular complexity index is 934. The number of ketones is 1. The van der Waals surface area contributed by atoms with Gasteiger partial charge in [0, 0.05) is 18.5 Å². The molecule has 2 aromatic rings. The Hall–Kier alpha value is -3.32. The summed E-state index contributed by atoms with van der Waals surface area (Å²) in [5.41, 5.74) is 1.60. The molecular formula is C20H18NO6-. The predicted octanol–water partition coefficient (Wildman–Crippen LogP) is 2.70. The SMILES string of the molecule is CCO[C@H]1Oc2ccc(C)cc2C(=O)C1=CNc1ccc([O-])c(C(=O)O)c1. The largest absolute Gasteiger partial charge is 0.872 e. The van der Waals surface area contributed by atoms with E-state index < -0.39 is 18.0 Å². The van der Waals surface area contributed by atoms with Gasteiger partial charge in [0.05, 0.1) is 16.7 Å². The van der Waals surface area contributed by atoms with Crippen LogP contribution in [0, 0.1) is 6.92 Å². The molecule has 27 heavy (non-hydrogen) atoms. The number of carboxylic acid groups (broad SMARTS) is 1. The average Bonchev–Trinajstić information content (AvgIpc) is 2.63. The smallest absolute Gasteiger partial charge is 0.335 e. The molecule has 0 amide bonds. The number of fused-ring (bicyclic) bond motifs is 1. The van der Waals surface area contributed by atoms with Crippen molar-refractivity contribution >= 4 is 17.4 Å². The molecule has 0 saturated carbocycles. The van der Waals surface area contributed by atoms with Crippen molar-refractivity contribution in [3.05, 3.63) is 64.9 Å². The van der Waals surface area contributed by atoms with E-state index in [9.17, 15) is 14.7 Å². The van der Waals surface area contributed by atoms with Gasteiger partial charge in [0.2, 0.25) is 6.29 Å². The molecule has 2 aromatic carbocycles. The van der Waals surface area contributed by atoms with E-state index in [1.807, 2.05) is 13.0 Å². The van der Waals surface area contributed by atoms with Crippen LogP contribution in [0.3, 0.4) is 0 Å². The van der Waals surface area contributed by atoms with Gasteiger partial charge < -0.3 is 25.0 Å². The number of ether oxygens (including phenoxy) is 2. The maximum Gasteiger partial charge on any atom is 0.335 e. The monoisotopic (exact) mass is 368 g/mol. The van der Waals surface area contributed by atoms with E-state index in [1.54, 1.807) is 19.1 Å². The number of anilines is 1. The van der Waals surface area contributed by atoms with Gasteiger partial charge in [-0.2, -0.15) is 0 Å². The van der Waals surface area contributed by atoms with Crippen LogP contribution in [0.1, 0.15) is 33.2 Å². The third-order valence-corrected chi connectivity index (χ3v) is 4.05. The highest BCUT2D eigenvalue weighted by atomic mass is 16.7. The maximum atomic E-state index is 12.9. The summed E-state index contributed by atoms with van der Waals surface area (Å²) in [4.78, 5) is 24.0. The third kappa shape index (κ3) is 3.78. The average molecular weight is 368 g/mol. The highest BCUT2D eigenvalue weighted by Crippen LogP contribution is 2.32. The minimum absolute atomic E-state index is 0.246. The second-order valence-electron chi connectivity index (χ2n) is 5.99. The Morgan fingerprint density at radius 3 is 2.81 bits per heavy atom. The number of carboxylic acids is 1. The van der Waals surface area contributed by atoms with Crippen LogP contribution < -0.4 is 15.2 Å². The lowest BCUT2D eigenvalue weighted by Crippen LogP contribution is -2.33. The molecule has 1 atom stereocenters. The second-order valence-corrected chi connectivity index (χ2v) is 5.99. The molecule has 0 spiro atoms. The first-order valence-electron chi connectivity index (χ1n) is 8.35. The molecule has 0 unspecified atom stereocenters. The summed E-state index contributed by atoms with van der Waals surface area (Å²) in [5.74, 6) is -1.70. The van der Waals surface area contributed by atoms with E-state index >= 15 is 0 Å². The van der Waals surface area contributed by atoms with E-state index in [-0.39, 0.29) is 16.9 Å². The summed E-state index contributed by atoms with van der Waals surface area (Å²) in [6, 6.07) is 9.12. The van der Waals surface area contributed by atoms with Gasteiger partial charge in [0.15, 0.2) is 5.78 Å². The third-order valence-electron chi connectivity index (χ3n) is 4.05. The van der Waals surface area contributed by atoms with E-state index in [2.05, 4.69) is 5.32 Å². The van der Waals surface area contributed by atoms with Crippen LogP contribution >= 0.6 is 0 Å². The summed E-state index contributed by atoms with van der Waals surface area (Å²) in [6.45, 7) is 4.00. The molecule has 1 aliphatic heterocycles. The van der Waals surface area contributed by atoms with Gasteiger partial charge in [-0.05, 0) is 38.1 Å². The van der Waals surface area contributed by atoms with Gasteiger partial charge in [0.1, 0.15) is 5.75 Å². The molecule has 2 N–H and O–H groups in total. The fraction of sp³-hybridized carbons (Fsp3) is 0.200. The number of hydrogen-bond acceptors (Lipinski definition) is 6. The van der Waals surface area contributed by atoms with Crippen LogP contribution in [0.5, 0.6) is 11.5 Å². The Morgan fingerprint density at radius 2 is 2.11 bits per heavy atom. The Morgan fingerprint density at radius 1 is 1.33 bits per heavy atom. The zero-order valence-corrected chi connectivity index (χ0v) is 14.8. The highest BCUT2D eigenvalue weighted by Gasteiger charge is 2.32. The second kappa shape index (κ2) is 7.51. The lowest BCUT2D eigenvalue weighted by atomic mass is 9.98. The fourth-order valence-corrected chi connectivity index (χ4v) is 2.72. The minimum Gasteiger partial charge on any atom is -0.872 e. The number of aryl methyl sites for hydroxylation is 1. The highest BCUT2D eigenvalue weighted by molar-refractivity contribution is 6.12. The van der Waals surface area contributed by atoms with Crippen molar-refractivity contribution in [3.8, 4) is 11.5 Å². The van der Waals surface area contributed by atoms with Gasteiger partial charge in [-0.15, -0.1) is 0 Å². The van der Waals surface area contributed by atoms with Gasteiger partial charge in [-0.25, -0.2) is 4.79 Å². The molecule has 0 aromatic heterocycles. The van der Waals surface area contributed by atoms with Gasteiger partial charge in [-0.1, -0.05) is 23.4 Å². The van der Waals surface area contributed by atoms with Gasteiger partial charge >= 0.3 is 5.97 Å². The molecular weight excluding hydrogens is 350 g/mol. The Kier molecular flexibility index (Phi) is 5.14. The molecule has 1 aliphatic rings. The van der Waals surface area contributed by atoms with Crippen LogP contribution in [0.2, 0.25) is 0 Å². The zero-order valence-electron chi connectivity index (χ0n) is 14.8. The van der Waals surface area contributed by atoms with Crippen molar-refractivity contribution in [2.45, 2.75) is 20.1 Å². The topological polar surface area (TPSA) is 108 Å². The fourth-order valence-electron chi connectivity index (χ4n) is 2.72. The van der Waals surface area contributed by atoms with Crippen LogP contribution in [0.4, 0.5) is 5.69 Å². The predicted molar refractivity (Wildman–Crippen MR) is 96.1 cm³/mol. The molecule has 1 heterocycles. The summed E-state index contributed by atoms with van der Waals surface area (Å²) in [6.07, 6.45) is 0.530. The first-order chi connectivity index (χ1) is 12.9. The van der Waals surface area contributed by atoms with Gasteiger partial charge in [0.25, 0.3) is 0 Å². The van der Waals surface area contributed by atoms with Crippen LogP contribution in [-0.4, -0.2) is 29.8 Å². The lowest BCUT2D eigenvalue weighted by molar-refractivity contribution is -0.268. The number of hydrogen-bond donors (Lipinski definition) is 2. The summed E-state index contributed by atoms with van der Waals surface area (Å²) in [7, 11) is 0. The van der Waals surface area contributed by atoms with Crippen molar-refractivity contribution in [2.75, 3.05) is 11.9 Å². The molecule has 7 heteroatoms. The standard InChI is InChI=1S/C20H19NO6/c1-3-26-20-15(18(23)14-8-11(2)4-7-17(14)27-20)10-21-12-5-6-16(22)13(9-12)19(24)25/h4-10,20-22H,3H2,1-2H3,(H,24,25)/p-1/t20-/m0/s1. The van der Waals surface area contributed by atoms with E-state index in [0.717, 1.165) is 11.6 Å². The van der Waals surface area contributed by atoms with E-state index in [0.29, 0.717) is 23.6 Å². The quantitative estimate of drug-likeness (QED) is 0.781. The van der Waals surface area contributed by atoms with Crippen molar-refractivity contribution in [1.29, 1.82) is 0 Å². The Balaban J connectivity index is 1.94. The molecule has 140 valence electrons. The number of rotatable bonds is 5. The van der Waals surface area contributed by atoms with Crippen LogP contribution in [0.25, 0.3) is 0 Å². The summed E-state index contributed by atoms with van der Waals surface area (Å²) in [5, 5.41) is 23.5. The number of carbonyl (C=O) groups excluding carboxylic acids is 1. The lowest BCUT2D eigenvalue weighted by Gasteiger charge is -2.27. The van der Waals surface area contributed by atoms with Crippen LogP contribution in [-0.2, 0) is 4.74 Å². The van der Waals surface area contributed by atoms with Crippen molar-refractivity contribution in [1.82, 2.24) is 0 Å². The molecule has 0 bridgehead atoms. The van der Waals surface area contributed by atoms with Crippen molar-refractivity contribution < 1.29 is 29.3 Å². The number of benzene rings is 2. The number of Topliss-reactive ketones (excluding diaryl/α,β-unsaturated/α-hetero) is 1. The van der Waals surface area contributed by atoms with E-state index in [1.165, 1.54) is 18.3 Å². The summed E-state index contributed by atoms with van der Waals surface area (Å²) >= 11 is 0. The molecule has 3 rings (SSSR count). The molecule has 7 nitrogen and oxygen atoms in total.